The van der Waals surface area contributed by atoms with Crippen molar-refractivity contribution in [2.75, 3.05) is 0 Å². The van der Waals surface area contributed by atoms with Gasteiger partial charge in [-0.3, -0.25) is 0 Å². The van der Waals surface area contributed by atoms with E-state index < -0.39 is 0 Å². The van der Waals surface area contributed by atoms with Gasteiger partial charge in [-0.2, -0.15) is 4.98 Å². The molecular formula is C19H28N2O. The second-order valence-electron chi connectivity index (χ2n) is 6.11. The molecule has 0 bridgehead atoms. The molecule has 2 rings (SSSR count). The second-order valence-corrected chi connectivity index (χ2v) is 6.11. The summed E-state index contributed by atoms with van der Waals surface area (Å²) in [7, 11) is 0. The molecule has 120 valence electrons. The van der Waals surface area contributed by atoms with Crippen LogP contribution in [0.4, 0.5) is 0 Å². The summed E-state index contributed by atoms with van der Waals surface area (Å²) >= 11 is 0. The van der Waals surface area contributed by atoms with Gasteiger partial charge < -0.3 is 4.52 Å². The predicted molar refractivity (Wildman–Crippen MR) is 90.0 cm³/mol. The first kappa shape index (κ1) is 16.7. The summed E-state index contributed by atoms with van der Waals surface area (Å²) in [6.07, 6.45) is 10.5. The SMILES string of the molecule is CCCCCCCCc1noc(CCc2ccc(C)cc2)n1. The standard InChI is InChI=1S/C19H28N2O/c1-3-4-5-6-7-8-9-18-20-19(22-21-18)15-14-17-12-10-16(2)11-13-17/h10-13H,3-9,14-15H2,1-2H3. The number of rotatable bonds is 10. The normalized spacial score (nSPS) is 11.0. The van der Waals surface area contributed by atoms with E-state index in [0.717, 1.165) is 31.0 Å². The minimum absolute atomic E-state index is 0.765. The summed E-state index contributed by atoms with van der Waals surface area (Å²) in [4.78, 5) is 4.50. The summed E-state index contributed by atoms with van der Waals surface area (Å²) in [5, 5.41) is 4.09. The molecule has 0 aliphatic heterocycles. The smallest absolute Gasteiger partial charge is 0.226 e. The summed E-state index contributed by atoms with van der Waals surface area (Å²) < 4.78 is 5.34. The molecule has 0 N–H and O–H groups in total. The summed E-state index contributed by atoms with van der Waals surface area (Å²) in [5.74, 6) is 1.64. The van der Waals surface area contributed by atoms with Crippen LogP contribution in [0.3, 0.4) is 0 Å². The number of hydrogen-bond acceptors (Lipinski definition) is 3. The quantitative estimate of drug-likeness (QED) is 0.575. The van der Waals surface area contributed by atoms with Gasteiger partial charge in [0.2, 0.25) is 5.89 Å². The zero-order valence-corrected chi connectivity index (χ0v) is 14.0. The Balaban J connectivity index is 1.66. The number of aryl methyl sites for hydroxylation is 4. The lowest BCUT2D eigenvalue weighted by atomic mass is 10.1. The zero-order chi connectivity index (χ0) is 15.6. The fourth-order valence-corrected chi connectivity index (χ4v) is 2.56. The lowest BCUT2D eigenvalue weighted by Gasteiger charge is -1.99. The van der Waals surface area contributed by atoms with E-state index in [0.29, 0.717) is 0 Å². The Morgan fingerprint density at radius 1 is 0.864 bits per heavy atom. The van der Waals surface area contributed by atoms with Crippen molar-refractivity contribution in [3.05, 3.63) is 47.1 Å². The molecule has 0 aliphatic carbocycles. The Kier molecular flexibility index (Phi) is 7.14. The maximum absolute atomic E-state index is 5.34. The van der Waals surface area contributed by atoms with Gasteiger partial charge in [0.25, 0.3) is 0 Å². The maximum atomic E-state index is 5.34. The van der Waals surface area contributed by atoms with Gasteiger partial charge in [-0.05, 0) is 25.3 Å². The first-order valence-corrected chi connectivity index (χ1v) is 8.65. The highest BCUT2D eigenvalue weighted by Gasteiger charge is 2.06. The Morgan fingerprint density at radius 2 is 1.59 bits per heavy atom. The van der Waals surface area contributed by atoms with Crippen molar-refractivity contribution >= 4 is 0 Å². The van der Waals surface area contributed by atoms with Gasteiger partial charge in [0.15, 0.2) is 5.82 Å². The Morgan fingerprint density at radius 3 is 2.36 bits per heavy atom. The molecule has 0 amide bonds. The zero-order valence-electron chi connectivity index (χ0n) is 14.0. The van der Waals surface area contributed by atoms with Crippen molar-refractivity contribution < 1.29 is 4.52 Å². The first-order valence-electron chi connectivity index (χ1n) is 8.65. The molecule has 1 aromatic heterocycles. The highest BCUT2D eigenvalue weighted by molar-refractivity contribution is 5.21. The average molecular weight is 300 g/mol. The molecule has 3 nitrogen and oxygen atoms in total. The highest BCUT2D eigenvalue weighted by Crippen LogP contribution is 2.10. The summed E-state index contributed by atoms with van der Waals surface area (Å²) in [5.41, 5.74) is 2.61. The van der Waals surface area contributed by atoms with E-state index in [2.05, 4.69) is 48.3 Å². The molecule has 22 heavy (non-hydrogen) atoms. The summed E-state index contributed by atoms with van der Waals surface area (Å²) in [6, 6.07) is 8.63. The molecule has 0 atom stereocenters. The average Bonchev–Trinajstić information content (AvgIpc) is 2.98. The lowest BCUT2D eigenvalue weighted by Crippen LogP contribution is -1.93. The number of hydrogen-bond donors (Lipinski definition) is 0. The van der Waals surface area contributed by atoms with Crippen LogP contribution in [-0.2, 0) is 19.3 Å². The Bertz CT molecular complexity index is 531. The van der Waals surface area contributed by atoms with E-state index in [-0.39, 0.29) is 0 Å². The van der Waals surface area contributed by atoms with Crippen LogP contribution in [0.1, 0.15) is 68.3 Å². The molecule has 0 spiro atoms. The predicted octanol–water partition coefficient (Wildman–Crippen LogP) is 5.07. The summed E-state index contributed by atoms with van der Waals surface area (Å²) in [6.45, 7) is 4.35. The molecule has 2 aromatic rings. The lowest BCUT2D eigenvalue weighted by molar-refractivity contribution is 0.372. The van der Waals surface area contributed by atoms with Gasteiger partial charge in [-0.25, -0.2) is 0 Å². The van der Waals surface area contributed by atoms with Gasteiger partial charge in [-0.15, -0.1) is 0 Å². The van der Waals surface area contributed by atoms with Crippen LogP contribution in [0.25, 0.3) is 0 Å². The number of unbranched alkanes of at least 4 members (excludes halogenated alkanes) is 5. The Labute approximate surface area is 134 Å². The van der Waals surface area contributed by atoms with Gasteiger partial charge in [0.05, 0.1) is 0 Å². The molecular weight excluding hydrogens is 272 g/mol. The van der Waals surface area contributed by atoms with Gasteiger partial charge in [0.1, 0.15) is 0 Å². The van der Waals surface area contributed by atoms with E-state index in [1.54, 1.807) is 0 Å². The van der Waals surface area contributed by atoms with E-state index in [4.69, 9.17) is 4.52 Å². The van der Waals surface area contributed by atoms with Crippen LogP contribution in [0.15, 0.2) is 28.8 Å². The van der Waals surface area contributed by atoms with E-state index in [1.165, 1.54) is 49.7 Å². The third-order valence-electron chi connectivity index (χ3n) is 4.01. The number of aromatic nitrogens is 2. The fraction of sp³-hybridized carbons (Fsp3) is 0.579. The van der Waals surface area contributed by atoms with E-state index in [1.807, 2.05) is 0 Å². The van der Waals surface area contributed by atoms with Crippen molar-refractivity contribution in [3.8, 4) is 0 Å². The third kappa shape index (κ3) is 6.00. The van der Waals surface area contributed by atoms with Gasteiger partial charge in [0, 0.05) is 12.8 Å². The van der Waals surface area contributed by atoms with Crippen LogP contribution < -0.4 is 0 Å². The minimum Gasteiger partial charge on any atom is -0.339 e. The molecule has 0 saturated carbocycles. The third-order valence-corrected chi connectivity index (χ3v) is 4.01. The number of nitrogens with zero attached hydrogens (tertiary/aromatic N) is 2. The maximum Gasteiger partial charge on any atom is 0.226 e. The van der Waals surface area contributed by atoms with Crippen molar-refractivity contribution in [1.82, 2.24) is 10.1 Å². The fourth-order valence-electron chi connectivity index (χ4n) is 2.56. The number of benzene rings is 1. The van der Waals surface area contributed by atoms with Crippen LogP contribution >= 0.6 is 0 Å². The molecule has 1 aromatic carbocycles. The molecule has 0 unspecified atom stereocenters. The van der Waals surface area contributed by atoms with Crippen molar-refractivity contribution in [3.63, 3.8) is 0 Å². The van der Waals surface area contributed by atoms with Crippen molar-refractivity contribution in [2.24, 2.45) is 0 Å². The largest absolute Gasteiger partial charge is 0.339 e. The van der Waals surface area contributed by atoms with Crippen molar-refractivity contribution in [1.29, 1.82) is 0 Å². The van der Waals surface area contributed by atoms with Crippen LogP contribution in [0.2, 0.25) is 0 Å². The van der Waals surface area contributed by atoms with Gasteiger partial charge in [-0.1, -0.05) is 74.0 Å². The van der Waals surface area contributed by atoms with Crippen LogP contribution in [0.5, 0.6) is 0 Å². The molecule has 3 heteroatoms. The molecule has 0 aliphatic rings. The molecule has 0 fully saturated rings. The van der Waals surface area contributed by atoms with Crippen LogP contribution in [-0.4, -0.2) is 10.1 Å². The first-order chi connectivity index (χ1) is 10.8. The minimum atomic E-state index is 0.765. The van der Waals surface area contributed by atoms with E-state index >= 15 is 0 Å². The molecule has 0 saturated heterocycles. The monoisotopic (exact) mass is 300 g/mol. The molecule has 0 radical (unpaired) electrons. The highest BCUT2D eigenvalue weighted by atomic mass is 16.5. The van der Waals surface area contributed by atoms with Crippen LogP contribution in [0, 0.1) is 6.92 Å². The topological polar surface area (TPSA) is 38.9 Å². The van der Waals surface area contributed by atoms with E-state index in [9.17, 15) is 0 Å². The van der Waals surface area contributed by atoms with Crippen molar-refractivity contribution in [2.45, 2.75) is 71.6 Å². The Hall–Kier alpha value is -1.64. The van der Waals surface area contributed by atoms with Gasteiger partial charge >= 0.3 is 0 Å². The second kappa shape index (κ2) is 9.39. The molecule has 1 heterocycles.